The summed E-state index contributed by atoms with van der Waals surface area (Å²) in [7, 11) is 0. The Morgan fingerprint density at radius 1 is 1.15 bits per heavy atom. The van der Waals surface area contributed by atoms with E-state index in [1.165, 1.54) is 13.8 Å². The molecular weight excluding hydrogens is 520 g/mol. The molecule has 3 N–H and O–H groups in total. The Hall–Kier alpha value is -1.85. The molecule has 0 bridgehead atoms. The molecule has 3 heterocycles. The number of hydrogen-bond donors (Lipinski definition) is 3. The normalized spacial score (nSPS) is 56.9. The summed E-state index contributed by atoms with van der Waals surface area (Å²) < 4.78 is 23.3. The predicted octanol–water partition coefficient (Wildman–Crippen LogP) is 1.51. The summed E-state index contributed by atoms with van der Waals surface area (Å²) in [5, 5.41) is 37.8. The fourth-order valence-corrected chi connectivity index (χ4v) is 10.3. The van der Waals surface area contributed by atoms with Crippen LogP contribution in [-0.4, -0.2) is 85.5 Å². The Kier molecular flexibility index (Phi) is 4.98. The number of carbonyl (C=O) groups is 3. The summed E-state index contributed by atoms with van der Waals surface area (Å²) in [6, 6.07) is 0. The molecule has 4 aliphatic carbocycles. The molecule has 0 aromatic rings. The van der Waals surface area contributed by atoms with Crippen molar-refractivity contribution in [3.8, 4) is 0 Å². The van der Waals surface area contributed by atoms with Gasteiger partial charge in [-0.05, 0) is 84.1 Å². The monoisotopic (exact) mass is 560 g/mol. The van der Waals surface area contributed by atoms with Crippen molar-refractivity contribution >= 4 is 17.7 Å². The highest BCUT2D eigenvalue weighted by atomic mass is 16.7. The number of ketones is 1. The highest BCUT2D eigenvalue weighted by Gasteiger charge is 2.84. The van der Waals surface area contributed by atoms with Gasteiger partial charge >= 0.3 is 11.9 Å². The Balaban J connectivity index is 1.31. The van der Waals surface area contributed by atoms with Crippen LogP contribution in [-0.2, 0) is 33.3 Å². The molecular formula is C30H40O10. The average Bonchev–Trinajstić information content (AvgIpc) is 3.71. The molecule has 7 aliphatic rings. The fraction of sp³-hybridized carbons (Fsp3) is 0.833. The van der Waals surface area contributed by atoms with Crippen LogP contribution < -0.4 is 0 Å². The molecule has 10 heteroatoms. The van der Waals surface area contributed by atoms with Crippen molar-refractivity contribution in [2.24, 2.45) is 22.7 Å². The summed E-state index contributed by atoms with van der Waals surface area (Å²) in [6.45, 7) is 7.78. The first-order valence-corrected chi connectivity index (χ1v) is 14.6. The minimum Gasteiger partial charge on any atom is -0.465 e. The number of rotatable bonds is 4. The molecule has 0 radical (unpaired) electrons. The van der Waals surface area contributed by atoms with E-state index in [0.717, 1.165) is 0 Å². The standard InChI is InChI=1S/C30H40O10/c1-16(31)37-15-27-10-8-17-18(13-20-29(39-20)9-6-7-19(32)24(17,29)3)28(27,35)11-12-30(27,36)25(4,34)21-14-23(2)26(5,40-23)22(33)38-21/h6-7,17-18,20-21,34-36H,8-15H2,1-5H3/t17-,18+,20+,21+,23-,24-,25-,26+,27+,28+,29+,30+/m0/s1. The molecule has 10 nitrogen and oxygen atoms in total. The zero-order chi connectivity index (χ0) is 28.9. The smallest absolute Gasteiger partial charge is 0.341 e. The summed E-state index contributed by atoms with van der Waals surface area (Å²) in [6.07, 6.45) is 4.25. The van der Waals surface area contributed by atoms with Crippen LogP contribution in [0.5, 0.6) is 0 Å². The Bertz CT molecular complexity index is 1260. The maximum Gasteiger partial charge on any atom is 0.341 e. The average molecular weight is 561 g/mol. The second kappa shape index (κ2) is 7.37. The van der Waals surface area contributed by atoms with Crippen LogP contribution >= 0.6 is 0 Å². The van der Waals surface area contributed by atoms with Crippen LogP contribution in [0.3, 0.4) is 0 Å². The second-order valence-corrected chi connectivity index (χ2v) is 14.4. The number of allylic oxidation sites excluding steroid dienone is 1. The van der Waals surface area contributed by atoms with Crippen LogP contribution in [0.2, 0.25) is 0 Å². The molecule has 0 amide bonds. The van der Waals surface area contributed by atoms with E-state index in [2.05, 4.69) is 0 Å². The van der Waals surface area contributed by atoms with Crippen molar-refractivity contribution in [3.05, 3.63) is 12.2 Å². The van der Waals surface area contributed by atoms with Gasteiger partial charge in [0.05, 0.1) is 22.5 Å². The van der Waals surface area contributed by atoms with Gasteiger partial charge in [-0.3, -0.25) is 9.59 Å². The molecule has 0 unspecified atom stereocenters. The van der Waals surface area contributed by atoms with Gasteiger partial charge in [0.1, 0.15) is 35.1 Å². The first-order valence-electron chi connectivity index (χ1n) is 14.6. The molecule has 1 spiro atoms. The lowest BCUT2D eigenvalue weighted by molar-refractivity contribution is -0.299. The topological polar surface area (TPSA) is 155 Å². The molecule has 40 heavy (non-hydrogen) atoms. The van der Waals surface area contributed by atoms with Crippen molar-refractivity contribution in [2.45, 2.75) is 125 Å². The summed E-state index contributed by atoms with van der Waals surface area (Å²) in [4.78, 5) is 38.5. The molecule has 3 saturated carbocycles. The van der Waals surface area contributed by atoms with Crippen molar-refractivity contribution in [3.63, 3.8) is 0 Å². The zero-order valence-electron chi connectivity index (χ0n) is 23.8. The van der Waals surface area contributed by atoms with E-state index >= 15 is 0 Å². The Labute approximate surface area is 233 Å². The number of carbonyl (C=O) groups excluding carboxylic acids is 3. The molecule has 3 saturated heterocycles. The van der Waals surface area contributed by atoms with Crippen LogP contribution in [0.25, 0.3) is 0 Å². The lowest BCUT2D eigenvalue weighted by Gasteiger charge is -2.64. The van der Waals surface area contributed by atoms with Crippen molar-refractivity contribution in [1.82, 2.24) is 0 Å². The van der Waals surface area contributed by atoms with Gasteiger partial charge in [-0.25, -0.2) is 4.79 Å². The van der Waals surface area contributed by atoms with Gasteiger partial charge in [-0.2, -0.15) is 0 Å². The van der Waals surface area contributed by atoms with Gasteiger partial charge in [-0.15, -0.1) is 0 Å². The molecule has 0 aromatic heterocycles. The largest absolute Gasteiger partial charge is 0.465 e. The molecule has 6 fully saturated rings. The number of fused-ring (bicyclic) bond motifs is 5. The van der Waals surface area contributed by atoms with Crippen LogP contribution in [0.4, 0.5) is 0 Å². The van der Waals surface area contributed by atoms with Crippen LogP contribution in [0, 0.1) is 22.7 Å². The van der Waals surface area contributed by atoms with Gasteiger partial charge in [0.25, 0.3) is 0 Å². The van der Waals surface area contributed by atoms with E-state index < -0.39 is 68.4 Å². The number of hydrogen-bond acceptors (Lipinski definition) is 10. The van der Waals surface area contributed by atoms with Crippen LogP contribution in [0.15, 0.2) is 12.2 Å². The van der Waals surface area contributed by atoms with Crippen LogP contribution in [0.1, 0.15) is 79.6 Å². The van der Waals surface area contributed by atoms with Gasteiger partial charge in [0.2, 0.25) is 0 Å². The lowest BCUT2D eigenvalue weighted by atomic mass is 9.42. The lowest BCUT2D eigenvalue weighted by Crippen LogP contribution is -2.75. The zero-order valence-corrected chi connectivity index (χ0v) is 23.8. The van der Waals surface area contributed by atoms with Gasteiger partial charge < -0.3 is 34.3 Å². The molecule has 220 valence electrons. The SMILES string of the molecule is CC(=O)OC[C@]12CC[C@H]3[C@@H](C[C@H]4O[C@]45CC=CC(=O)[C@]35C)[C@]1(O)CC[C@@]2(O)[C@@](C)(O)[C@H]1C[C@]2(C)O[C@]2(C)C(=O)O1. The third-order valence-electron chi connectivity index (χ3n) is 13.2. The Morgan fingerprint density at radius 3 is 2.55 bits per heavy atom. The van der Waals surface area contributed by atoms with Crippen molar-refractivity contribution < 1.29 is 48.7 Å². The third-order valence-corrected chi connectivity index (χ3v) is 13.2. The van der Waals surface area contributed by atoms with Gasteiger partial charge in [0, 0.05) is 13.3 Å². The molecule has 12 atom stereocenters. The maximum atomic E-state index is 13.5. The minimum absolute atomic E-state index is 0.00882. The van der Waals surface area contributed by atoms with E-state index in [4.69, 9.17) is 18.9 Å². The Morgan fingerprint density at radius 2 is 1.88 bits per heavy atom. The fourth-order valence-electron chi connectivity index (χ4n) is 10.3. The van der Waals surface area contributed by atoms with E-state index in [1.807, 2.05) is 13.0 Å². The van der Waals surface area contributed by atoms with Gasteiger partial charge in [0.15, 0.2) is 11.4 Å². The van der Waals surface area contributed by atoms with E-state index in [0.29, 0.717) is 19.3 Å². The molecule has 7 rings (SSSR count). The molecule has 0 aromatic carbocycles. The van der Waals surface area contributed by atoms with Crippen molar-refractivity contribution in [1.29, 1.82) is 0 Å². The number of aliphatic hydroxyl groups is 3. The second-order valence-electron chi connectivity index (χ2n) is 14.4. The van der Waals surface area contributed by atoms with E-state index in [-0.39, 0.29) is 50.1 Å². The van der Waals surface area contributed by atoms with Gasteiger partial charge in [-0.1, -0.05) is 6.08 Å². The summed E-state index contributed by atoms with van der Waals surface area (Å²) in [5.74, 6) is -1.85. The highest BCUT2D eigenvalue weighted by Crippen LogP contribution is 2.75. The molecule has 3 aliphatic heterocycles. The van der Waals surface area contributed by atoms with E-state index in [9.17, 15) is 29.7 Å². The number of ether oxygens (including phenoxy) is 4. The number of epoxide rings is 2. The first-order chi connectivity index (χ1) is 18.5. The minimum atomic E-state index is -2.02. The quantitative estimate of drug-likeness (QED) is 0.340. The van der Waals surface area contributed by atoms with E-state index in [1.54, 1.807) is 19.9 Å². The summed E-state index contributed by atoms with van der Waals surface area (Å²) in [5.41, 5.74) is -10.4. The summed E-state index contributed by atoms with van der Waals surface area (Å²) >= 11 is 0. The third kappa shape index (κ3) is 2.68. The maximum absolute atomic E-state index is 13.5. The number of cyclic esters (lactones) is 1. The predicted molar refractivity (Wildman–Crippen MR) is 137 cm³/mol. The highest BCUT2D eigenvalue weighted by molar-refractivity contribution is 5.97. The van der Waals surface area contributed by atoms with Crippen molar-refractivity contribution in [2.75, 3.05) is 6.61 Å². The first kappa shape index (κ1) is 27.0. The number of esters is 2.